The number of benzene rings is 1. The molecular weight excluding hydrogens is 452 g/mol. The largest absolute Gasteiger partial charge is 0.479 e. The number of aromatic nitrogens is 2. The molecule has 1 saturated heterocycles. The van der Waals surface area contributed by atoms with Crippen molar-refractivity contribution in [1.29, 1.82) is 5.26 Å². The number of nitrogens with zero attached hydrogens (tertiary/aromatic N) is 6. The summed E-state index contributed by atoms with van der Waals surface area (Å²) in [5.41, 5.74) is 1.63. The molecule has 0 atom stereocenters. The number of methoxy groups -OCH3 is 1. The average molecular weight is 489 g/mol. The number of urea groups is 1. The molecule has 2 amide bonds. The lowest BCUT2D eigenvalue weighted by Crippen LogP contribution is -2.57. The zero-order valence-corrected chi connectivity index (χ0v) is 21.6. The van der Waals surface area contributed by atoms with E-state index in [1.54, 1.807) is 11.1 Å². The van der Waals surface area contributed by atoms with Gasteiger partial charge in [0.25, 0.3) is 0 Å². The van der Waals surface area contributed by atoms with Crippen molar-refractivity contribution in [3.8, 4) is 11.9 Å². The lowest BCUT2D eigenvalue weighted by molar-refractivity contribution is 0.00833. The number of rotatable bonds is 7. The molecule has 0 unspecified atom stereocenters. The van der Waals surface area contributed by atoms with E-state index in [2.05, 4.69) is 64.1 Å². The standard InChI is InChI=1S/C28H36N6O2/c1-4-32(2)28(22-11-6-5-7-12-22)15-13-27(14-16-28)20-33(26(35)34(27)19-21-9-8-10-21)23-18-30-24(17-29)31-25(23)36-3/h5-7,11-12,18,21H,4,8-10,13-16,19-20H2,1-3H3. The topological polar surface area (TPSA) is 85.6 Å². The van der Waals surface area contributed by atoms with E-state index < -0.39 is 0 Å². The minimum Gasteiger partial charge on any atom is -0.479 e. The molecule has 2 aromatic rings. The van der Waals surface area contributed by atoms with Crippen LogP contribution in [0.3, 0.4) is 0 Å². The molecule has 2 saturated carbocycles. The van der Waals surface area contributed by atoms with Gasteiger partial charge in [0.15, 0.2) is 0 Å². The Bertz CT molecular complexity index is 1130. The van der Waals surface area contributed by atoms with Crippen LogP contribution in [0.4, 0.5) is 10.5 Å². The number of nitriles is 1. The first-order valence-electron chi connectivity index (χ1n) is 13.1. The Balaban J connectivity index is 1.48. The number of carbonyl (C=O) groups excluding carboxylic acids is 1. The smallest absolute Gasteiger partial charge is 0.325 e. The Kier molecular flexibility index (Phi) is 6.60. The van der Waals surface area contributed by atoms with Crippen molar-refractivity contribution in [3.63, 3.8) is 0 Å². The van der Waals surface area contributed by atoms with Gasteiger partial charge < -0.3 is 9.64 Å². The van der Waals surface area contributed by atoms with E-state index >= 15 is 0 Å². The Morgan fingerprint density at radius 3 is 2.50 bits per heavy atom. The average Bonchev–Trinajstić information content (AvgIpc) is 3.16. The number of carbonyl (C=O) groups is 1. The van der Waals surface area contributed by atoms with Crippen molar-refractivity contribution in [3.05, 3.63) is 47.9 Å². The van der Waals surface area contributed by atoms with E-state index in [0.29, 0.717) is 18.2 Å². The van der Waals surface area contributed by atoms with Gasteiger partial charge in [0, 0.05) is 12.1 Å². The van der Waals surface area contributed by atoms with Gasteiger partial charge in [-0.05, 0) is 63.6 Å². The van der Waals surface area contributed by atoms with Crippen LogP contribution in [-0.2, 0) is 5.54 Å². The summed E-state index contributed by atoms with van der Waals surface area (Å²) in [5.74, 6) is 0.885. The molecule has 1 aliphatic heterocycles. The van der Waals surface area contributed by atoms with Crippen molar-refractivity contribution >= 4 is 11.7 Å². The molecule has 8 heteroatoms. The SMILES string of the molecule is CCN(C)C1(c2ccccc2)CCC2(CC1)CN(c1cnc(C#N)nc1OC)C(=O)N2CC1CCC1. The Morgan fingerprint density at radius 2 is 1.92 bits per heavy atom. The number of ether oxygens (including phenoxy) is 1. The summed E-state index contributed by atoms with van der Waals surface area (Å²) in [6, 6.07) is 12.8. The van der Waals surface area contributed by atoms with Crippen molar-refractivity contribution in [1.82, 2.24) is 19.8 Å². The molecule has 2 aliphatic carbocycles. The first-order chi connectivity index (χ1) is 17.5. The van der Waals surface area contributed by atoms with Crippen LogP contribution in [0.2, 0.25) is 0 Å². The summed E-state index contributed by atoms with van der Waals surface area (Å²) in [6.07, 6.45) is 9.03. The number of hydrogen-bond acceptors (Lipinski definition) is 6. The van der Waals surface area contributed by atoms with Crippen LogP contribution < -0.4 is 9.64 Å². The van der Waals surface area contributed by atoms with Gasteiger partial charge in [0.05, 0.1) is 25.4 Å². The van der Waals surface area contributed by atoms with Crippen LogP contribution in [0.1, 0.15) is 63.3 Å². The third-order valence-electron chi connectivity index (χ3n) is 9.00. The maximum atomic E-state index is 14.0. The molecule has 1 spiro atoms. The third-order valence-corrected chi connectivity index (χ3v) is 9.00. The molecule has 3 aliphatic rings. The minimum atomic E-state index is -0.238. The summed E-state index contributed by atoms with van der Waals surface area (Å²) < 4.78 is 5.49. The van der Waals surface area contributed by atoms with Gasteiger partial charge in [-0.1, -0.05) is 43.7 Å². The highest BCUT2D eigenvalue weighted by Gasteiger charge is 2.55. The van der Waals surface area contributed by atoms with E-state index in [4.69, 9.17) is 4.74 Å². The predicted octanol–water partition coefficient (Wildman–Crippen LogP) is 4.56. The van der Waals surface area contributed by atoms with Crippen LogP contribution >= 0.6 is 0 Å². The van der Waals surface area contributed by atoms with Gasteiger partial charge in [-0.2, -0.15) is 10.2 Å². The van der Waals surface area contributed by atoms with Crippen LogP contribution in [-0.4, -0.2) is 65.1 Å². The zero-order valence-electron chi connectivity index (χ0n) is 21.6. The van der Waals surface area contributed by atoms with Crippen LogP contribution in [0.25, 0.3) is 0 Å². The van der Waals surface area contributed by atoms with Gasteiger partial charge in [-0.15, -0.1) is 0 Å². The fourth-order valence-corrected chi connectivity index (χ4v) is 6.44. The lowest BCUT2D eigenvalue weighted by Gasteiger charge is -2.52. The van der Waals surface area contributed by atoms with Crippen LogP contribution in [0.15, 0.2) is 36.5 Å². The van der Waals surface area contributed by atoms with Crippen molar-refractivity contribution in [2.75, 3.05) is 38.7 Å². The molecule has 0 bridgehead atoms. The normalized spacial score (nSPS) is 26.4. The fourth-order valence-electron chi connectivity index (χ4n) is 6.44. The molecule has 8 nitrogen and oxygen atoms in total. The van der Waals surface area contributed by atoms with E-state index in [1.807, 2.05) is 6.07 Å². The summed E-state index contributed by atoms with van der Waals surface area (Å²) >= 11 is 0. The number of amides is 2. The molecule has 3 fully saturated rings. The summed E-state index contributed by atoms with van der Waals surface area (Å²) in [6.45, 7) is 4.58. The van der Waals surface area contributed by atoms with E-state index in [9.17, 15) is 10.1 Å². The molecule has 0 radical (unpaired) electrons. The van der Waals surface area contributed by atoms with E-state index in [1.165, 1.54) is 31.9 Å². The molecule has 1 aromatic carbocycles. The summed E-state index contributed by atoms with van der Waals surface area (Å²) in [4.78, 5) is 28.8. The Morgan fingerprint density at radius 1 is 1.19 bits per heavy atom. The molecule has 5 rings (SSSR count). The van der Waals surface area contributed by atoms with Gasteiger partial charge in [0.1, 0.15) is 11.8 Å². The first-order valence-corrected chi connectivity index (χ1v) is 13.1. The Labute approximate surface area is 213 Å². The van der Waals surface area contributed by atoms with Gasteiger partial charge >= 0.3 is 6.03 Å². The second kappa shape index (κ2) is 9.70. The van der Waals surface area contributed by atoms with Crippen LogP contribution in [0, 0.1) is 17.2 Å². The Hall–Kier alpha value is -3.18. The monoisotopic (exact) mass is 488 g/mol. The molecule has 36 heavy (non-hydrogen) atoms. The molecular formula is C28H36N6O2. The molecule has 2 heterocycles. The predicted molar refractivity (Wildman–Crippen MR) is 138 cm³/mol. The van der Waals surface area contributed by atoms with Crippen molar-refractivity contribution in [2.24, 2.45) is 5.92 Å². The fraction of sp³-hybridized carbons (Fsp3) is 0.571. The minimum absolute atomic E-state index is 0.00423. The van der Waals surface area contributed by atoms with Crippen molar-refractivity contribution in [2.45, 2.75) is 62.9 Å². The summed E-state index contributed by atoms with van der Waals surface area (Å²) in [5, 5.41) is 9.22. The maximum Gasteiger partial charge on any atom is 0.325 e. The lowest BCUT2D eigenvalue weighted by atomic mass is 9.68. The maximum absolute atomic E-state index is 14.0. The second-order valence-corrected chi connectivity index (χ2v) is 10.6. The quantitative estimate of drug-likeness (QED) is 0.568. The van der Waals surface area contributed by atoms with E-state index in [0.717, 1.165) is 38.8 Å². The molecule has 0 N–H and O–H groups in total. The highest BCUT2D eigenvalue weighted by Crippen LogP contribution is 2.51. The number of hydrogen-bond donors (Lipinski definition) is 0. The molecule has 190 valence electrons. The number of anilines is 1. The second-order valence-electron chi connectivity index (χ2n) is 10.6. The van der Waals surface area contributed by atoms with Crippen LogP contribution in [0.5, 0.6) is 5.88 Å². The van der Waals surface area contributed by atoms with Gasteiger partial charge in [0.2, 0.25) is 11.7 Å². The highest BCUT2D eigenvalue weighted by atomic mass is 16.5. The van der Waals surface area contributed by atoms with Gasteiger partial charge in [-0.3, -0.25) is 9.80 Å². The summed E-state index contributed by atoms with van der Waals surface area (Å²) in [7, 11) is 3.74. The highest BCUT2D eigenvalue weighted by molar-refractivity contribution is 5.96. The van der Waals surface area contributed by atoms with Gasteiger partial charge in [-0.25, -0.2) is 9.78 Å². The molecule has 1 aromatic heterocycles. The first kappa shape index (κ1) is 24.5. The third kappa shape index (κ3) is 4.00. The van der Waals surface area contributed by atoms with E-state index in [-0.39, 0.29) is 28.8 Å². The van der Waals surface area contributed by atoms with Crippen molar-refractivity contribution < 1.29 is 9.53 Å². The zero-order chi connectivity index (χ0) is 25.3.